The molecule has 2 amide bonds. The third-order valence-electron chi connectivity index (χ3n) is 6.11. The van der Waals surface area contributed by atoms with Crippen molar-refractivity contribution < 1.29 is 14.5 Å². The van der Waals surface area contributed by atoms with Gasteiger partial charge in [-0.15, -0.1) is 0 Å². The van der Waals surface area contributed by atoms with Gasteiger partial charge in [0.05, 0.1) is 10.6 Å². The maximum atomic E-state index is 12.3. The standard InChI is InChI=1S/C23H25N3O4/c1-16-13-22(27)25(23(16)28)19-7-8-20(21(15-19)26(29)30)24-11-9-18(10-12-24)14-17-5-3-2-4-6-17/h2-8,15-16,18H,9-14H2,1H3/t16-/m1/s1. The third-order valence-corrected chi connectivity index (χ3v) is 6.11. The maximum absolute atomic E-state index is 12.3. The highest BCUT2D eigenvalue weighted by Crippen LogP contribution is 2.37. The Bertz CT molecular complexity index is 968. The fourth-order valence-electron chi connectivity index (χ4n) is 4.45. The first kappa shape index (κ1) is 20.1. The van der Waals surface area contributed by atoms with Crippen molar-refractivity contribution in [1.29, 1.82) is 0 Å². The van der Waals surface area contributed by atoms with Crippen molar-refractivity contribution in [3.05, 3.63) is 64.2 Å². The van der Waals surface area contributed by atoms with Gasteiger partial charge in [-0.2, -0.15) is 0 Å². The van der Waals surface area contributed by atoms with E-state index in [1.165, 1.54) is 11.6 Å². The van der Waals surface area contributed by atoms with Gasteiger partial charge >= 0.3 is 0 Å². The van der Waals surface area contributed by atoms with E-state index in [9.17, 15) is 19.7 Å². The largest absolute Gasteiger partial charge is 0.366 e. The molecule has 2 aromatic rings. The van der Waals surface area contributed by atoms with Gasteiger partial charge in [0.25, 0.3) is 5.69 Å². The van der Waals surface area contributed by atoms with E-state index in [0.717, 1.165) is 37.3 Å². The Hall–Kier alpha value is -3.22. The minimum atomic E-state index is -0.427. The van der Waals surface area contributed by atoms with Crippen LogP contribution < -0.4 is 9.80 Å². The predicted octanol–water partition coefficient (Wildman–Crippen LogP) is 3.95. The molecule has 2 heterocycles. The van der Waals surface area contributed by atoms with E-state index in [0.29, 0.717) is 11.6 Å². The summed E-state index contributed by atoms with van der Waals surface area (Å²) in [6, 6.07) is 15.1. The molecule has 2 aliphatic rings. The van der Waals surface area contributed by atoms with Crippen LogP contribution in [0.1, 0.15) is 31.7 Å². The summed E-state index contributed by atoms with van der Waals surface area (Å²) in [5.41, 5.74) is 2.09. The summed E-state index contributed by atoms with van der Waals surface area (Å²) in [5.74, 6) is -0.441. The third kappa shape index (κ3) is 3.92. The number of carbonyl (C=O) groups is 2. The second-order valence-corrected chi connectivity index (χ2v) is 8.22. The first-order chi connectivity index (χ1) is 14.4. The number of benzene rings is 2. The Morgan fingerprint density at radius 2 is 1.77 bits per heavy atom. The minimum Gasteiger partial charge on any atom is -0.366 e. The van der Waals surface area contributed by atoms with Crippen LogP contribution in [0.5, 0.6) is 0 Å². The summed E-state index contributed by atoms with van der Waals surface area (Å²) in [6.07, 6.45) is 3.10. The molecule has 2 saturated heterocycles. The molecule has 0 unspecified atom stereocenters. The van der Waals surface area contributed by atoms with Gasteiger partial charge in [0.2, 0.25) is 11.8 Å². The van der Waals surface area contributed by atoms with Crippen LogP contribution >= 0.6 is 0 Å². The lowest BCUT2D eigenvalue weighted by Gasteiger charge is -2.33. The molecule has 1 atom stereocenters. The van der Waals surface area contributed by atoms with E-state index < -0.39 is 4.92 Å². The first-order valence-corrected chi connectivity index (χ1v) is 10.4. The summed E-state index contributed by atoms with van der Waals surface area (Å²) >= 11 is 0. The fraction of sp³-hybridized carbons (Fsp3) is 0.391. The van der Waals surface area contributed by atoms with Crippen molar-refractivity contribution in [2.75, 3.05) is 22.9 Å². The van der Waals surface area contributed by atoms with E-state index in [2.05, 4.69) is 12.1 Å². The smallest absolute Gasteiger partial charge is 0.294 e. The van der Waals surface area contributed by atoms with Crippen molar-refractivity contribution in [2.45, 2.75) is 32.6 Å². The zero-order chi connectivity index (χ0) is 21.3. The fourth-order valence-corrected chi connectivity index (χ4v) is 4.45. The van der Waals surface area contributed by atoms with Crippen molar-refractivity contribution >= 4 is 28.9 Å². The Morgan fingerprint density at radius 1 is 1.07 bits per heavy atom. The molecule has 0 aromatic heterocycles. The van der Waals surface area contributed by atoms with E-state index in [-0.39, 0.29) is 35.5 Å². The lowest BCUT2D eigenvalue weighted by molar-refractivity contribution is -0.384. The molecule has 30 heavy (non-hydrogen) atoms. The van der Waals surface area contributed by atoms with Crippen LogP contribution in [-0.4, -0.2) is 29.8 Å². The van der Waals surface area contributed by atoms with Crippen LogP contribution in [0.25, 0.3) is 0 Å². The number of carbonyl (C=O) groups excluding carboxylic acids is 2. The average Bonchev–Trinajstić information content (AvgIpc) is 3.00. The molecule has 0 aliphatic carbocycles. The second-order valence-electron chi connectivity index (χ2n) is 8.22. The highest BCUT2D eigenvalue weighted by Gasteiger charge is 2.37. The zero-order valence-corrected chi connectivity index (χ0v) is 17.0. The van der Waals surface area contributed by atoms with Gasteiger partial charge in [-0.25, -0.2) is 0 Å². The van der Waals surface area contributed by atoms with Gasteiger partial charge < -0.3 is 4.90 Å². The lowest BCUT2D eigenvalue weighted by Crippen LogP contribution is -2.35. The number of hydrogen-bond donors (Lipinski definition) is 0. The van der Waals surface area contributed by atoms with Crippen LogP contribution in [0.4, 0.5) is 17.1 Å². The number of hydrogen-bond acceptors (Lipinski definition) is 5. The SMILES string of the molecule is C[C@@H]1CC(=O)N(c2ccc(N3CCC(Cc4ccccc4)CC3)c([N+](=O)[O-])c2)C1=O. The summed E-state index contributed by atoms with van der Waals surface area (Å²) in [5, 5.41) is 11.8. The van der Waals surface area contributed by atoms with Gasteiger partial charge in [0.15, 0.2) is 0 Å². The van der Waals surface area contributed by atoms with Gasteiger partial charge in [-0.05, 0) is 42.9 Å². The maximum Gasteiger partial charge on any atom is 0.294 e. The molecule has 7 nitrogen and oxygen atoms in total. The summed E-state index contributed by atoms with van der Waals surface area (Å²) in [6.45, 7) is 3.19. The number of rotatable bonds is 5. The number of amides is 2. The molecule has 156 valence electrons. The molecule has 0 radical (unpaired) electrons. The minimum absolute atomic E-state index is 0.0610. The Morgan fingerprint density at radius 3 is 2.37 bits per heavy atom. The van der Waals surface area contributed by atoms with Crippen molar-refractivity contribution in [2.24, 2.45) is 11.8 Å². The molecular formula is C23H25N3O4. The molecule has 2 fully saturated rings. The number of nitrogens with zero attached hydrogens (tertiary/aromatic N) is 3. The number of piperidine rings is 1. The molecule has 0 saturated carbocycles. The van der Waals surface area contributed by atoms with Crippen LogP contribution in [0.2, 0.25) is 0 Å². The van der Waals surface area contributed by atoms with Gasteiger partial charge in [-0.1, -0.05) is 37.3 Å². The van der Waals surface area contributed by atoms with Crippen LogP contribution in [0, 0.1) is 22.0 Å². The number of nitro benzene ring substituents is 1. The predicted molar refractivity (Wildman–Crippen MR) is 114 cm³/mol. The molecule has 0 bridgehead atoms. The summed E-state index contributed by atoms with van der Waals surface area (Å²) < 4.78 is 0. The average molecular weight is 407 g/mol. The van der Waals surface area contributed by atoms with Gasteiger partial charge in [0, 0.05) is 31.5 Å². The van der Waals surface area contributed by atoms with Crippen molar-refractivity contribution in [1.82, 2.24) is 0 Å². The monoisotopic (exact) mass is 407 g/mol. The lowest BCUT2D eigenvalue weighted by atomic mass is 9.90. The van der Waals surface area contributed by atoms with Gasteiger partial charge in [0.1, 0.15) is 5.69 Å². The van der Waals surface area contributed by atoms with Crippen LogP contribution in [-0.2, 0) is 16.0 Å². The highest BCUT2D eigenvalue weighted by atomic mass is 16.6. The molecule has 4 rings (SSSR count). The van der Waals surface area contributed by atoms with E-state index >= 15 is 0 Å². The van der Waals surface area contributed by atoms with Crippen molar-refractivity contribution in [3.8, 4) is 0 Å². The van der Waals surface area contributed by atoms with E-state index in [1.54, 1.807) is 19.1 Å². The molecule has 7 heteroatoms. The van der Waals surface area contributed by atoms with Crippen LogP contribution in [0.3, 0.4) is 0 Å². The number of imide groups is 1. The number of nitro groups is 1. The van der Waals surface area contributed by atoms with Crippen LogP contribution in [0.15, 0.2) is 48.5 Å². The molecular weight excluding hydrogens is 382 g/mol. The highest BCUT2D eigenvalue weighted by molar-refractivity contribution is 6.21. The molecule has 2 aliphatic heterocycles. The normalized spacial score (nSPS) is 20.1. The van der Waals surface area contributed by atoms with E-state index in [4.69, 9.17) is 0 Å². The zero-order valence-electron chi connectivity index (χ0n) is 17.0. The second kappa shape index (κ2) is 8.26. The van der Waals surface area contributed by atoms with E-state index in [1.807, 2.05) is 23.1 Å². The molecule has 0 spiro atoms. The summed E-state index contributed by atoms with van der Waals surface area (Å²) in [7, 11) is 0. The Labute approximate surface area is 175 Å². The number of anilines is 2. The molecule has 2 aromatic carbocycles. The van der Waals surface area contributed by atoms with Crippen molar-refractivity contribution in [3.63, 3.8) is 0 Å². The Balaban J connectivity index is 1.50. The summed E-state index contributed by atoms with van der Waals surface area (Å²) in [4.78, 5) is 38.9. The molecule has 0 N–H and O–H groups in total. The first-order valence-electron chi connectivity index (χ1n) is 10.4. The van der Waals surface area contributed by atoms with Gasteiger partial charge in [-0.3, -0.25) is 24.6 Å². The Kier molecular flexibility index (Phi) is 5.53. The quantitative estimate of drug-likeness (QED) is 0.426. The topological polar surface area (TPSA) is 83.8 Å².